The molecular weight excluding hydrogens is 240 g/mol. The van der Waals surface area contributed by atoms with Gasteiger partial charge in [-0.3, -0.25) is 9.58 Å². The smallest absolute Gasteiger partial charge is 0.145 e. The number of aryl methyl sites for hydroxylation is 2. The van der Waals surface area contributed by atoms with Crippen molar-refractivity contribution < 1.29 is 4.84 Å². The van der Waals surface area contributed by atoms with E-state index in [9.17, 15) is 0 Å². The summed E-state index contributed by atoms with van der Waals surface area (Å²) >= 11 is 0. The van der Waals surface area contributed by atoms with Crippen LogP contribution in [-0.4, -0.2) is 46.1 Å². The Kier molecular flexibility index (Phi) is 3.31. The van der Waals surface area contributed by atoms with Crippen molar-refractivity contribution in [1.29, 1.82) is 0 Å². The molecule has 5 heteroatoms. The van der Waals surface area contributed by atoms with Crippen molar-refractivity contribution in [2.45, 2.75) is 45.8 Å². The average molecular weight is 262 g/mol. The molecule has 0 saturated carbocycles. The summed E-state index contributed by atoms with van der Waals surface area (Å²) in [6, 6.07) is 2.67. The highest BCUT2D eigenvalue weighted by Gasteiger charge is 2.33. The average Bonchev–Trinajstić information content (AvgIpc) is 2.90. The molecule has 2 aliphatic heterocycles. The molecule has 1 atom stereocenters. The minimum atomic E-state index is 0.261. The molecule has 1 aromatic heterocycles. The highest BCUT2D eigenvalue weighted by molar-refractivity contribution is 5.85. The number of oxime groups is 1. The number of hydrogen-bond donors (Lipinski definition) is 0. The largest absolute Gasteiger partial charge is 0.391 e. The van der Waals surface area contributed by atoms with E-state index in [1.165, 1.54) is 11.4 Å². The fourth-order valence-corrected chi connectivity index (χ4v) is 2.94. The summed E-state index contributed by atoms with van der Waals surface area (Å²) in [5.41, 5.74) is 3.56. The Hall–Kier alpha value is -1.36. The molecule has 0 radical (unpaired) electrons. The third-order valence-electron chi connectivity index (χ3n) is 3.99. The Morgan fingerprint density at radius 2 is 2.16 bits per heavy atom. The first-order valence-corrected chi connectivity index (χ1v) is 7.12. The first kappa shape index (κ1) is 12.7. The molecule has 0 bridgehead atoms. The van der Waals surface area contributed by atoms with Gasteiger partial charge in [0, 0.05) is 31.7 Å². The molecule has 3 rings (SSSR count). The van der Waals surface area contributed by atoms with Gasteiger partial charge in [0.15, 0.2) is 0 Å². The molecule has 0 amide bonds. The summed E-state index contributed by atoms with van der Waals surface area (Å²) in [6.45, 7) is 9.45. The Labute approximate surface area is 114 Å². The van der Waals surface area contributed by atoms with Crippen molar-refractivity contribution in [3.8, 4) is 0 Å². The third kappa shape index (κ3) is 2.52. The molecule has 1 aromatic rings. The summed E-state index contributed by atoms with van der Waals surface area (Å²) in [5.74, 6) is 0. The summed E-state index contributed by atoms with van der Waals surface area (Å²) in [7, 11) is 0. The lowest BCUT2D eigenvalue weighted by Crippen LogP contribution is -2.50. The van der Waals surface area contributed by atoms with Crippen LogP contribution in [0.3, 0.4) is 0 Å². The van der Waals surface area contributed by atoms with Crippen LogP contribution in [-0.2, 0) is 4.84 Å². The lowest BCUT2D eigenvalue weighted by molar-refractivity contribution is 0.0117. The van der Waals surface area contributed by atoms with E-state index in [0.29, 0.717) is 6.04 Å². The van der Waals surface area contributed by atoms with Gasteiger partial charge < -0.3 is 4.84 Å². The molecule has 1 fully saturated rings. The second-order valence-corrected chi connectivity index (χ2v) is 5.69. The van der Waals surface area contributed by atoms with Crippen LogP contribution in [0.1, 0.15) is 37.2 Å². The first-order chi connectivity index (χ1) is 9.15. The zero-order valence-electron chi connectivity index (χ0n) is 12.0. The van der Waals surface area contributed by atoms with Gasteiger partial charge in [0.2, 0.25) is 0 Å². The Morgan fingerprint density at radius 3 is 2.74 bits per heavy atom. The van der Waals surface area contributed by atoms with Crippen LogP contribution in [0, 0.1) is 13.8 Å². The quantitative estimate of drug-likeness (QED) is 0.832. The van der Waals surface area contributed by atoms with Crippen LogP contribution in [0.4, 0.5) is 0 Å². The molecule has 0 aromatic carbocycles. The van der Waals surface area contributed by atoms with Gasteiger partial charge >= 0.3 is 0 Å². The summed E-state index contributed by atoms with van der Waals surface area (Å²) in [4.78, 5) is 7.89. The van der Waals surface area contributed by atoms with Gasteiger partial charge in [-0.15, -0.1) is 0 Å². The minimum absolute atomic E-state index is 0.261. The van der Waals surface area contributed by atoms with Crippen LogP contribution in [0.5, 0.6) is 0 Å². The fourth-order valence-electron chi connectivity index (χ4n) is 2.94. The lowest BCUT2D eigenvalue weighted by atomic mass is 10.1. The highest BCUT2D eigenvalue weighted by Crippen LogP contribution is 2.24. The van der Waals surface area contributed by atoms with Crippen molar-refractivity contribution in [2.75, 3.05) is 19.6 Å². The minimum Gasteiger partial charge on any atom is -0.391 e. The first-order valence-electron chi connectivity index (χ1n) is 7.12. The predicted molar refractivity (Wildman–Crippen MR) is 74.4 cm³/mol. The second-order valence-electron chi connectivity index (χ2n) is 5.69. The fraction of sp³-hybridized carbons (Fsp3) is 0.714. The molecule has 1 saturated heterocycles. The van der Waals surface area contributed by atoms with E-state index in [4.69, 9.17) is 4.84 Å². The number of likely N-dealkylation sites (tertiary alicyclic amines) is 1. The van der Waals surface area contributed by atoms with Crippen LogP contribution in [0.15, 0.2) is 11.2 Å². The third-order valence-corrected chi connectivity index (χ3v) is 3.99. The van der Waals surface area contributed by atoms with Crippen molar-refractivity contribution in [3.05, 3.63) is 17.5 Å². The van der Waals surface area contributed by atoms with Crippen molar-refractivity contribution in [3.63, 3.8) is 0 Å². The van der Waals surface area contributed by atoms with Gasteiger partial charge in [0.25, 0.3) is 0 Å². The molecule has 104 valence electrons. The maximum atomic E-state index is 5.46. The summed E-state index contributed by atoms with van der Waals surface area (Å²) in [5, 5.41) is 8.67. The van der Waals surface area contributed by atoms with E-state index >= 15 is 0 Å². The molecule has 0 spiro atoms. The van der Waals surface area contributed by atoms with Crippen LogP contribution in [0.2, 0.25) is 0 Å². The lowest BCUT2D eigenvalue weighted by Gasteiger charge is -2.40. The van der Waals surface area contributed by atoms with E-state index in [-0.39, 0.29) is 6.10 Å². The van der Waals surface area contributed by atoms with Crippen molar-refractivity contribution in [1.82, 2.24) is 14.7 Å². The van der Waals surface area contributed by atoms with E-state index < -0.39 is 0 Å². The summed E-state index contributed by atoms with van der Waals surface area (Å²) < 4.78 is 2.16. The Balaban J connectivity index is 1.47. The van der Waals surface area contributed by atoms with E-state index in [2.05, 4.69) is 46.7 Å². The van der Waals surface area contributed by atoms with Crippen LogP contribution < -0.4 is 0 Å². The SMILES string of the molecule is CCC1=NO[C@@H](CN2CC(n3nc(C)cc3C)C2)C1. The molecular formula is C14H22N4O. The zero-order chi connectivity index (χ0) is 13.4. The number of hydrogen-bond acceptors (Lipinski definition) is 4. The van der Waals surface area contributed by atoms with Gasteiger partial charge in [-0.05, 0) is 26.3 Å². The molecule has 3 heterocycles. The van der Waals surface area contributed by atoms with Gasteiger partial charge in [-0.25, -0.2) is 0 Å². The molecule has 5 nitrogen and oxygen atoms in total. The maximum absolute atomic E-state index is 5.46. The zero-order valence-corrected chi connectivity index (χ0v) is 12.0. The van der Waals surface area contributed by atoms with Crippen LogP contribution in [0.25, 0.3) is 0 Å². The standard InChI is InChI=1S/C14H22N4O/c1-4-12-6-14(19-16-12)9-17-7-13(8-17)18-11(3)5-10(2)15-18/h5,13-14H,4,6-9H2,1-3H3/t14-/m1/s1. The molecule has 2 aliphatic rings. The Bertz CT molecular complexity index is 488. The molecule has 0 unspecified atom stereocenters. The van der Waals surface area contributed by atoms with Gasteiger partial charge in [-0.2, -0.15) is 5.10 Å². The van der Waals surface area contributed by atoms with Crippen LogP contribution >= 0.6 is 0 Å². The van der Waals surface area contributed by atoms with Gasteiger partial charge in [-0.1, -0.05) is 12.1 Å². The van der Waals surface area contributed by atoms with Crippen molar-refractivity contribution >= 4 is 5.71 Å². The molecule has 0 aliphatic carbocycles. The van der Waals surface area contributed by atoms with Gasteiger partial charge in [0.1, 0.15) is 6.10 Å². The number of aromatic nitrogens is 2. The van der Waals surface area contributed by atoms with E-state index in [1.807, 2.05) is 0 Å². The Morgan fingerprint density at radius 1 is 1.37 bits per heavy atom. The van der Waals surface area contributed by atoms with E-state index in [0.717, 1.165) is 38.2 Å². The number of nitrogens with zero attached hydrogens (tertiary/aromatic N) is 4. The molecule has 0 N–H and O–H groups in total. The van der Waals surface area contributed by atoms with E-state index in [1.54, 1.807) is 0 Å². The summed E-state index contributed by atoms with van der Waals surface area (Å²) in [6.07, 6.45) is 2.26. The number of rotatable bonds is 4. The van der Waals surface area contributed by atoms with Gasteiger partial charge in [0.05, 0.1) is 17.4 Å². The normalized spacial score (nSPS) is 24.2. The predicted octanol–water partition coefficient (Wildman–Crippen LogP) is 1.91. The highest BCUT2D eigenvalue weighted by atomic mass is 16.6. The maximum Gasteiger partial charge on any atom is 0.145 e. The topological polar surface area (TPSA) is 42.6 Å². The second kappa shape index (κ2) is 4.96. The molecule has 19 heavy (non-hydrogen) atoms. The monoisotopic (exact) mass is 262 g/mol. The van der Waals surface area contributed by atoms with Crippen molar-refractivity contribution in [2.24, 2.45) is 5.16 Å².